The van der Waals surface area contributed by atoms with Crippen molar-refractivity contribution in [3.8, 4) is 5.75 Å². The van der Waals surface area contributed by atoms with Crippen LogP contribution in [0.25, 0.3) is 0 Å². The van der Waals surface area contributed by atoms with E-state index >= 15 is 0 Å². The van der Waals surface area contributed by atoms with Gasteiger partial charge in [-0.2, -0.15) is 0 Å². The van der Waals surface area contributed by atoms with Crippen molar-refractivity contribution in [2.45, 2.75) is 32.8 Å². The minimum Gasteiger partial charge on any atom is -0.491 e. The summed E-state index contributed by atoms with van der Waals surface area (Å²) in [7, 11) is 1.76. The second-order valence-electron chi connectivity index (χ2n) is 4.85. The minimum atomic E-state index is -0.0928. The lowest BCUT2D eigenvalue weighted by Gasteiger charge is -2.16. The molecule has 0 bridgehead atoms. The van der Waals surface area contributed by atoms with E-state index < -0.39 is 0 Å². The fourth-order valence-corrected chi connectivity index (χ4v) is 1.71. The van der Waals surface area contributed by atoms with Gasteiger partial charge in [-0.1, -0.05) is 12.1 Å². The second kappa shape index (κ2) is 7.79. The van der Waals surface area contributed by atoms with E-state index in [1.54, 1.807) is 11.9 Å². The number of carbonyl (C=O) groups is 1. The van der Waals surface area contributed by atoms with E-state index in [2.05, 4.69) is 0 Å². The molecule has 0 saturated heterocycles. The van der Waals surface area contributed by atoms with Gasteiger partial charge >= 0.3 is 0 Å². The highest BCUT2D eigenvalue weighted by Gasteiger charge is 2.07. The molecule has 0 unspecified atom stereocenters. The molecule has 0 aliphatic rings. The Morgan fingerprint density at radius 3 is 2.47 bits per heavy atom. The molecule has 1 rings (SSSR count). The van der Waals surface area contributed by atoms with Crippen molar-refractivity contribution in [2.75, 3.05) is 20.2 Å². The summed E-state index contributed by atoms with van der Waals surface area (Å²) in [5, 5.41) is 8.71. The van der Waals surface area contributed by atoms with Crippen LogP contribution in [0.3, 0.4) is 0 Å². The van der Waals surface area contributed by atoms with Crippen LogP contribution < -0.4 is 4.74 Å². The van der Waals surface area contributed by atoms with Crippen LogP contribution in [0.5, 0.6) is 5.75 Å². The van der Waals surface area contributed by atoms with Crippen molar-refractivity contribution in [3.05, 3.63) is 29.8 Å². The Bertz CT molecular complexity index is 387. The largest absolute Gasteiger partial charge is 0.491 e. The van der Waals surface area contributed by atoms with Crippen molar-refractivity contribution in [2.24, 2.45) is 0 Å². The van der Waals surface area contributed by atoms with Gasteiger partial charge in [0.1, 0.15) is 5.75 Å². The Labute approximate surface area is 115 Å². The molecule has 106 valence electrons. The van der Waals surface area contributed by atoms with E-state index in [0.29, 0.717) is 6.54 Å². The summed E-state index contributed by atoms with van der Waals surface area (Å²) in [6.07, 6.45) is 1.17. The molecule has 0 aliphatic carbocycles. The summed E-state index contributed by atoms with van der Waals surface area (Å²) < 4.78 is 5.57. The predicted octanol–water partition coefficient (Wildman–Crippen LogP) is 1.86. The number of likely N-dealkylation sites (N-methyl/N-ethyl adjacent to an activating group) is 1. The number of rotatable bonds is 7. The van der Waals surface area contributed by atoms with E-state index in [9.17, 15) is 4.79 Å². The standard InChI is InChI=1S/C15H23NO3/c1-12(2)19-14-6-4-13(5-7-14)8-10-16(3)15(18)9-11-17/h4-7,12,17H,8-11H2,1-3H3. The molecule has 0 heterocycles. The van der Waals surface area contributed by atoms with Gasteiger partial charge in [-0.25, -0.2) is 0 Å². The highest BCUT2D eigenvalue weighted by molar-refractivity contribution is 5.75. The molecule has 0 fully saturated rings. The van der Waals surface area contributed by atoms with Gasteiger partial charge in [0.25, 0.3) is 0 Å². The molecule has 0 radical (unpaired) electrons. The third-order valence-corrected chi connectivity index (χ3v) is 2.78. The number of ether oxygens (including phenoxy) is 1. The molecule has 1 aromatic carbocycles. The number of amides is 1. The quantitative estimate of drug-likeness (QED) is 0.818. The van der Waals surface area contributed by atoms with Crippen molar-refractivity contribution in [1.82, 2.24) is 4.90 Å². The molecule has 1 aromatic rings. The fraction of sp³-hybridized carbons (Fsp3) is 0.533. The maximum atomic E-state index is 11.5. The molecule has 1 amide bonds. The monoisotopic (exact) mass is 265 g/mol. The van der Waals surface area contributed by atoms with Gasteiger partial charge < -0.3 is 14.7 Å². The first-order valence-corrected chi connectivity index (χ1v) is 6.63. The summed E-state index contributed by atoms with van der Waals surface area (Å²) in [6, 6.07) is 7.93. The maximum absolute atomic E-state index is 11.5. The highest BCUT2D eigenvalue weighted by Crippen LogP contribution is 2.14. The molecule has 19 heavy (non-hydrogen) atoms. The summed E-state index contributed by atoms with van der Waals surface area (Å²) in [6.45, 7) is 4.55. The number of hydrogen-bond acceptors (Lipinski definition) is 3. The van der Waals surface area contributed by atoms with Crippen molar-refractivity contribution >= 4 is 5.91 Å². The van der Waals surface area contributed by atoms with Gasteiger partial charge in [0.15, 0.2) is 0 Å². The number of nitrogens with zero attached hydrogens (tertiary/aromatic N) is 1. The number of aliphatic hydroxyl groups is 1. The zero-order valence-electron chi connectivity index (χ0n) is 11.9. The normalized spacial score (nSPS) is 10.6. The molecule has 0 aromatic heterocycles. The Morgan fingerprint density at radius 2 is 1.95 bits per heavy atom. The topological polar surface area (TPSA) is 49.8 Å². The Morgan fingerprint density at radius 1 is 1.32 bits per heavy atom. The van der Waals surface area contributed by atoms with Crippen LogP contribution in [0.2, 0.25) is 0 Å². The zero-order valence-corrected chi connectivity index (χ0v) is 11.9. The molecule has 4 nitrogen and oxygen atoms in total. The highest BCUT2D eigenvalue weighted by atomic mass is 16.5. The third kappa shape index (κ3) is 5.75. The SMILES string of the molecule is CC(C)Oc1ccc(CCN(C)C(=O)CCO)cc1. The summed E-state index contributed by atoms with van der Waals surface area (Å²) in [5.74, 6) is 0.839. The third-order valence-electron chi connectivity index (χ3n) is 2.78. The number of hydrogen-bond donors (Lipinski definition) is 1. The molecule has 0 saturated carbocycles. The summed E-state index contributed by atoms with van der Waals surface area (Å²) in [5.41, 5.74) is 1.17. The maximum Gasteiger partial charge on any atom is 0.224 e. The van der Waals surface area contributed by atoms with E-state index in [1.165, 1.54) is 5.56 Å². The van der Waals surface area contributed by atoms with E-state index in [-0.39, 0.29) is 25.0 Å². The molecular weight excluding hydrogens is 242 g/mol. The van der Waals surface area contributed by atoms with E-state index in [4.69, 9.17) is 9.84 Å². The van der Waals surface area contributed by atoms with Gasteiger partial charge in [0.05, 0.1) is 12.7 Å². The fourth-order valence-electron chi connectivity index (χ4n) is 1.71. The van der Waals surface area contributed by atoms with Crippen molar-refractivity contribution < 1.29 is 14.6 Å². The number of aliphatic hydroxyl groups excluding tert-OH is 1. The van der Waals surface area contributed by atoms with Gasteiger partial charge in [-0.3, -0.25) is 4.79 Å². The molecule has 0 spiro atoms. The van der Waals surface area contributed by atoms with Gasteiger partial charge in [0.2, 0.25) is 5.91 Å². The Kier molecular flexibility index (Phi) is 6.36. The van der Waals surface area contributed by atoms with Crippen LogP contribution in [-0.4, -0.2) is 42.2 Å². The van der Waals surface area contributed by atoms with Crippen molar-refractivity contribution in [1.29, 1.82) is 0 Å². The molecular formula is C15H23NO3. The number of benzene rings is 1. The molecule has 4 heteroatoms. The zero-order chi connectivity index (χ0) is 14.3. The molecule has 1 N–H and O–H groups in total. The van der Waals surface area contributed by atoms with Gasteiger partial charge in [0, 0.05) is 20.0 Å². The predicted molar refractivity (Wildman–Crippen MR) is 75.2 cm³/mol. The summed E-state index contributed by atoms with van der Waals surface area (Å²) >= 11 is 0. The molecule has 0 aliphatic heterocycles. The van der Waals surface area contributed by atoms with Crippen LogP contribution >= 0.6 is 0 Å². The Balaban J connectivity index is 2.43. The summed E-state index contributed by atoms with van der Waals surface area (Å²) in [4.78, 5) is 13.1. The van der Waals surface area contributed by atoms with E-state index in [1.807, 2.05) is 38.1 Å². The Hall–Kier alpha value is -1.55. The lowest BCUT2D eigenvalue weighted by Crippen LogP contribution is -2.29. The van der Waals surface area contributed by atoms with Crippen LogP contribution in [0.1, 0.15) is 25.8 Å². The van der Waals surface area contributed by atoms with Crippen LogP contribution in [0.15, 0.2) is 24.3 Å². The average molecular weight is 265 g/mol. The lowest BCUT2D eigenvalue weighted by molar-refractivity contribution is -0.130. The van der Waals surface area contributed by atoms with Gasteiger partial charge in [-0.05, 0) is 38.0 Å². The van der Waals surface area contributed by atoms with Crippen LogP contribution in [-0.2, 0) is 11.2 Å². The van der Waals surface area contributed by atoms with E-state index in [0.717, 1.165) is 12.2 Å². The smallest absolute Gasteiger partial charge is 0.224 e. The number of carbonyl (C=O) groups excluding carboxylic acids is 1. The van der Waals surface area contributed by atoms with Crippen molar-refractivity contribution in [3.63, 3.8) is 0 Å². The average Bonchev–Trinajstić information content (AvgIpc) is 2.37. The molecule has 0 atom stereocenters. The second-order valence-corrected chi connectivity index (χ2v) is 4.85. The first-order valence-electron chi connectivity index (χ1n) is 6.63. The first kappa shape index (κ1) is 15.5. The lowest BCUT2D eigenvalue weighted by atomic mass is 10.1. The van der Waals surface area contributed by atoms with Crippen LogP contribution in [0.4, 0.5) is 0 Å². The minimum absolute atomic E-state index is 0.0257. The van der Waals surface area contributed by atoms with Gasteiger partial charge in [-0.15, -0.1) is 0 Å². The van der Waals surface area contributed by atoms with Crippen LogP contribution in [0, 0.1) is 0 Å². The first-order chi connectivity index (χ1) is 9.02.